The van der Waals surface area contributed by atoms with Crippen LogP contribution < -0.4 is 19.2 Å². The zero-order valence-corrected chi connectivity index (χ0v) is 21.6. The molecule has 0 unspecified atom stereocenters. The van der Waals surface area contributed by atoms with Gasteiger partial charge in [-0.25, -0.2) is 13.8 Å². The summed E-state index contributed by atoms with van der Waals surface area (Å²) in [5, 5.41) is 4.00. The molecule has 0 radical (unpaired) electrons. The van der Waals surface area contributed by atoms with Crippen LogP contribution in [-0.4, -0.2) is 51.8 Å². The van der Waals surface area contributed by atoms with Crippen LogP contribution in [0.1, 0.15) is 11.1 Å². The number of benzene rings is 3. The molecule has 0 atom stereocenters. The minimum Gasteiger partial charge on any atom is -0.495 e. The maximum absolute atomic E-state index is 13.5. The normalized spacial score (nSPS) is 13.7. The van der Waals surface area contributed by atoms with E-state index in [4.69, 9.17) is 9.47 Å². The second kappa shape index (κ2) is 11.5. The summed E-state index contributed by atoms with van der Waals surface area (Å²) < 4.78 is 39.3. The average molecular weight is 526 g/mol. The number of anilines is 1. The number of hydrogen-bond donors (Lipinski definition) is 1. The zero-order valence-electron chi connectivity index (χ0n) is 20.0. The average Bonchev–Trinajstić information content (AvgIpc) is 2.86. The first kappa shape index (κ1) is 25.6. The number of carbonyl (C=O) groups is 1. The van der Waals surface area contributed by atoms with Crippen LogP contribution in [0.2, 0.25) is 0 Å². The van der Waals surface area contributed by atoms with Crippen molar-refractivity contribution in [2.24, 2.45) is 5.10 Å². The lowest BCUT2D eigenvalue weighted by molar-refractivity contribution is -0.119. The molecule has 0 saturated carbocycles. The first-order chi connectivity index (χ1) is 17.4. The molecular formula is C26H27N3O5S2. The molecular weight excluding hydrogens is 498 g/mol. The molecule has 0 bridgehead atoms. The van der Waals surface area contributed by atoms with Crippen LogP contribution in [0.15, 0.2) is 82.8 Å². The van der Waals surface area contributed by atoms with E-state index >= 15 is 0 Å². The summed E-state index contributed by atoms with van der Waals surface area (Å²) in [6.07, 6.45) is 1.75. The fourth-order valence-corrected chi connectivity index (χ4v) is 5.47. The van der Waals surface area contributed by atoms with Crippen LogP contribution in [0.4, 0.5) is 5.69 Å². The van der Waals surface area contributed by atoms with E-state index in [-0.39, 0.29) is 16.7 Å². The molecule has 0 spiro atoms. The zero-order chi connectivity index (χ0) is 25.5. The molecule has 3 aromatic carbocycles. The van der Waals surface area contributed by atoms with Crippen molar-refractivity contribution in [1.82, 2.24) is 5.43 Å². The Morgan fingerprint density at radius 1 is 1.11 bits per heavy atom. The third kappa shape index (κ3) is 6.19. The van der Waals surface area contributed by atoms with E-state index in [0.717, 1.165) is 32.7 Å². The van der Waals surface area contributed by atoms with Crippen LogP contribution in [-0.2, 0) is 14.8 Å². The van der Waals surface area contributed by atoms with Gasteiger partial charge in [0.05, 0.1) is 23.9 Å². The van der Waals surface area contributed by atoms with Crippen LogP contribution in [0, 0.1) is 6.92 Å². The summed E-state index contributed by atoms with van der Waals surface area (Å²) in [5.74, 6) is 2.52. The third-order valence-corrected chi connectivity index (χ3v) is 8.40. The molecule has 1 fully saturated rings. The maximum atomic E-state index is 13.5. The van der Waals surface area contributed by atoms with Crippen molar-refractivity contribution in [2.45, 2.75) is 17.9 Å². The number of thioether (sulfide) groups is 1. The maximum Gasteiger partial charge on any atom is 0.264 e. The number of sulfonamides is 1. The Labute approximate surface area is 215 Å². The molecule has 0 aliphatic carbocycles. The van der Waals surface area contributed by atoms with Crippen LogP contribution in [0.3, 0.4) is 0 Å². The molecule has 1 N–H and O–H groups in total. The van der Waals surface area contributed by atoms with Gasteiger partial charge >= 0.3 is 0 Å². The van der Waals surface area contributed by atoms with E-state index in [9.17, 15) is 13.2 Å². The van der Waals surface area contributed by atoms with Gasteiger partial charge in [0.2, 0.25) is 0 Å². The van der Waals surface area contributed by atoms with E-state index < -0.39 is 22.5 Å². The van der Waals surface area contributed by atoms with Gasteiger partial charge in [0.25, 0.3) is 15.9 Å². The fourth-order valence-electron chi connectivity index (χ4n) is 3.47. The first-order valence-electron chi connectivity index (χ1n) is 11.3. The minimum atomic E-state index is -4.06. The van der Waals surface area contributed by atoms with Gasteiger partial charge in [-0.1, -0.05) is 24.3 Å². The van der Waals surface area contributed by atoms with E-state index in [1.807, 2.05) is 49.0 Å². The highest BCUT2D eigenvalue weighted by atomic mass is 32.2. The number of hydrazone groups is 1. The minimum absolute atomic E-state index is 0.0627. The molecule has 188 valence electrons. The molecule has 36 heavy (non-hydrogen) atoms. The molecule has 4 rings (SSSR count). The molecule has 0 aromatic heterocycles. The lowest BCUT2D eigenvalue weighted by atomic mass is 10.2. The molecule has 3 aromatic rings. The lowest BCUT2D eigenvalue weighted by Crippen LogP contribution is -2.39. The smallest absolute Gasteiger partial charge is 0.264 e. The van der Waals surface area contributed by atoms with E-state index in [2.05, 4.69) is 10.5 Å². The van der Waals surface area contributed by atoms with Crippen molar-refractivity contribution in [1.29, 1.82) is 0 Å². The molecule has 1 amide bonds. The van der Waals surface area contributed by atoms with Gasteiger partial charge in [0.15, 0.2) is 0 Å². The van der Waals surface area contributed by atoms with E-state index in [1.165, 1.54) is 25.5 Å². The van der Waals surface area contributed by atoms with Crippen molar-refractivity contribution in [3.63, 3.8) is 0 Å². The molecule has 8 nitrogen and oxygen atoms in total. The fraction of sp³-hybridized carbons (Fsp3) is 0.231. The number of nitrogens with zero attached hydrogens (tertiary/aromatic N) is 2. The number of nitrogens with one attached hydrogen (secondary N) is 1. The van der Waals surface area contributed by atoms with Crippen molar-refractivity contribution in [2.75, 3.05) is 29.5 Å². The van der Waals surface area contributed by atoms with Gasteiger partial charge in [-0.15, -0.1) is 0 Å². The quantitative estimate of drug-likeness (QED) is 0.319. The van der Waals surface area contributed by atoms with Gasteiger partial charge in [0, 0.05) is 11.5 Å². The summed E-state index contributed by atoms with van der Waals surface area (Å²) in [6, 6.07) is 20.5. The summed E-state index contributed by atoms with van der Waals surface area (Å²) in [4.78, 5) is 12.9. The van der Waals surface area contributed by atoms with Crippen LogP contribution in [0.25, 0.3) is 0 Å². The van der Waals surface area contributed by atoms with Gasteiger partial charge < -0.3 is 9.47 Å². The molecule has 1 aliphatic rings. The van der Waals surface area contributed by atoms with Gasteiger partial charge in [-0.3, -0.25) is 9.10 Å². The second-order valence-corrected chi connectivity index (χ2v) is 11.1. The highest BCUT2D eigenvalue weighted by Crippen LogP contribution is 2.33. The van der Waals surface area contributed by atoms with E-state index in [1.54, 1.807) is 30.3 Å². The van der Waals surface area contributed by atoms with E-state index in [0.29, 0.717) is 5.75 Å². The number of rotatable bonds is 10. The largest absolute Gasteiger partial charge is 0.495 e. The predicted octanol–water partition coefficient (Wildman–Crippen LogP) is 3.84. The highest BCUT2D eigenvalue weighted by Gasteiger charge is 2.29. The number of aryl methyl sites for hydroxylation is 1. The van der Waals surface area contributed by atoms with Crippen molar-refractivity contribution < 1.29 is 22.7 Å². The number of methoxy groups -OCH3 is 1. The van der Waals surface area contributed by atoms with Crippen molar-refractivity contribution >= 4 is 39.6 Å². The second-order valence-electron chi connectivity index (χ2n) is 8.14. The SMILES string of the molecule is COc1ccc(C)cc1N(CC(=O)N/N=C\c1ccc(OC2CSC2)cc1)S(=O)(=O)c1ccccc1. The summed E-state index contributed by atoms with van der Waals surface area (Å²) in [6.45, 7) is 1.35. The van der Waals surface area contributed by atoms with Crippen LogP contribution >= 0.6 is 11.8 Å². The summed E-state index contributed by atoms with van der Waals surface area (Å²) in [7, 11) is -2.61. The third-order valence-electron chi connectivity index (χ3n) is 5.41. The lowest BCUT2D eigenvalue weighted by Gasteiger charge is -2.25. The Morgan fingerprint density at radius 2 is 1.83 bits per heavy atom. The topological polar surface area (TPSA) is 97.3 Å². The molecule has 1 heterocycles. The summed E-state index contributed by atoms with van der Waals surface area (Å²) >= 11 is 1.85. The Hall–Kier alpha value is -3.50. The van der Waals surface area contributed by atoms with Gasteiger partial charge in [-0.05, 0) is 66.6 Å². The van der Waals surface area contributed by atoms with Crippen molar-refractivity contribution in [3.05, 3.63) is 83.9 Å². The first-order valence-corrected chi connectivity index (χ1v) is 13.8. The van der Waals surface area contributed by atoms with Gasteiger partial charge in [-0.2, -0.15) is 16.9 Å². The Kier molecular flexibility index (Phi) is 8.17. The monoisotopic (exact) mass is 525 g/mol. The molecule has 1 aliphatic heterocycles. The molecule has 1 saturated heterocycles. The Balaban J connectivity index is 1.50. The molecule has 10 heteroatoms. The number of hydrogen-bond acceptors (Lipinski definition) is 7. The predicted molar refractivity (Wildman–Crippen MR) is 143 cm³/mol. The van der Waals surface area contributed by atoms with Crippen molar-refractivity contribution in [3.8, 4) is 11.5 Å². The number of amides is 1. The Bertz CT molecular complexity index is 1330. The summed E-state index contributed by atoms with van der Waals surface area (Å²) in [5.41, 5.74) is 4.27. The Morgan fingerprint density at radius 3 is 2.47 bits per heavy atom. The standard InChI is InChI=1S/C26H27N3O5S2/c1-19-8-13-25(33-2)24(14-19)29(36(31,32)23-6-4-3-5-7-23)16-26(30)28-27-15-20-9-11-21(12-10-20)34-22-17-35-18-22/h3-15,22H,16-18H2,1-2H3,(H,28,30)/b27-15-. The highest BCUT2D eigenvalue weighted by molar-refractivity contribution is 8.00. The van der Waals surface area contributed by atoms with Crippen LogP contribution in [0.5, 0.6) is 11.5 Å². The number of carbonyl (C=O) groups excluding carboxylic acids is 1. The van der Waals surface area contributed by atoms with Gasteiger partial charge in [0.1, 0.15) is 24.1 Å². The number of ether oxygens (including phenoxy) is 2.